The molecule has 0 spiro atoms. The predicted molar refractivity (Wildman–Crippen MR) is 73.1 cm³/mol. The summed E-state index contributed by atoms with van der Waals surface area (Å²) in [7, 11) is 0. The average Bonchev–Trinajstić information content (AvgIpc) is 2.85. The predicted octanol–water partition coefficient (Wildman–Crippen LogP) is 3.46. The van der Waals surface area contributed by atoms with E-state index in [1.807, 2.05) is 11.3 Å². The summed E-state index contributed by atoms with van der Waals surface area (Å²) in [5.41, 5.74) is 1.22. The third-order valence-corrected chi connectivity index (χ3v) is 5.18. The molecule has 0 saturated carbocycles. The lowest BCUT2D eigenvalue weighted by Crippen LogP contribution is -2.19. The van der Waals surface area contributed by atoms with Crippen molar-refractivity contribution in [2.24, 2.45) is 5.92 Å². The molecule has 1 aliphatic heterocycles. The average molecular weight is 256 g/mol. The van der Waals surface area contributed by atoms with Crippen molar-refractivity contribution in [3.8, 4) is 0 Å². The van der Waals surface area contributed by atoms with E-state index in [0.717, 1.165) is 13.1 Å². The summed E-state index contributed by atoms with van der Waals surface area (Å²) in [5, 5.41) is 7.67. The molecule has 2 rings (SSSR count). The Kier molecular flexibility index (Phi) is 4.67. The molecule has 1 unspecified atom stereocenters. The summed E-state index contributed by atoms with van der Waals surface area (Å²) in [4.78, 5) is 4.72. The maximum Gasteiger partial charge on any atom is 0.106 e. The van der Waals surface area contributed by atoms with Gasteiger partial charge in [0.25, 0.3) is 0 Å². The smallest absolute Gasteiger partial charge is 0.106 e. The highest BCUT2D eigenvalue weighted by molar-refractivity contribution is 7.99. The molecule has 1 aromatic heterocycles. The third-order valence-electron chi connectivity index (χ3n) is 2.63. The molecule has 1 saturated heterocycles. The first kappa shape index (κ1) is 12.4. The van der Waals surface area contributed by atoms with E-state index >= 15 is 0 Å². The maximum atomic E-state index is 4.72. The van der Waals surface area contributed by atoms with Crippen molar-refractivity contribution in [1.29, 1.82) is 0 Å². The van der Waals surface area contributed by atoms with Crippen LogP contribution in [-0.2, 0) is 6.54 Å². The van der Waals surface area contributed by atoms with Crippen LogP contribution in [0.15, 0.2) is 5.38 Å². The van der Waals surface area contributed by atoms with Crippen molar-refractivity contribution in [1.82, 2.24) is 10.3 Å². The second-order valence-electron chi connectivity index (χ2n) is 4.70. The SMILES string of the molecule is CC(C)CNCc1csc(C2CCCS2)n1. The standard InChI is InChI=1S/C12H20N2S2/c1-9(2)6-13-7-10-8-16-12(14-10)11-4-3-5-15-11/h8-9,11,13H,3-7H2,1-2H3. The Hall–Kier alpha value is -0.0600. The fraction of sp³-hybridized carbons (Fsp3) is 0.750. The third kappa shape index (κ3) is 3.47. The molecule has 1 atom stereocenters. The molecule has 0 bridgehead atoms. The number of rotatable bonds is 5. The minimum atomic E-state index is 0.684. The summed E-state index contributed by atoms with van der Waals surface area (Å²) in [6.45, 7) is 6.46. The van der Waals surface area contributed by atoms with Crippen molar-refractivity contribution in [3.05, 3.63) is 16.1 Å². The number of thioether (sulfide) groups is 1. The Morgan fingerprint density at radius 2 is 2.44 bits per heavy atom. The van der Waals surface area contributed by atoms with E-state index in [9.17, 15) is 0 Å². The Labute approximate surface area is 106 Å². The molecule has 2 heterocycles. The van der Waals surface area contributed by atoms with Crippen molar-refractivity contribution >= 4 is 23.1 Å². The lowest BCUT2D eigenvalue weighted by atomic mass is 10.2. The van der Waals surface area contributed by atoms with Crippen molar-refractivity contribution in [3.63, 3.8) is 0 Å². The lowest BCUT2D eigenvalue weighted by molar-refractivity contribution is 0.548. The minimum Gasteiger partial charge on any atom is -0.311 e. The summed E-state index contributed by atoms with van der Waals surface area (Å²) < 4.78 is 0. The van der Waals surface area contributed by atoms with Crippen LogP contribution < -0.4 is 5.32 Å². The van der Waals surface area contributed by atoms with Gasteiger partial charge >= 0.3 is 0 Å². The van der Waals surface area contributed by atoms with Crippen LogP contribution in [-0.4, -0.2) is 17.3 Å². The molecule has 0 radical (unpaired) electrons. The van der Waals surface area contributed by atoms with E-state index < -0.39 is 0 Å². The molecule has 1 aliphatic rings. The highest BCUT2D eigenvalue weighted by Gasteiger charge is 2.20. The molecule has 2 nitrogen and oxygen atoms in total. The summed E-state index contributed by atoms with van der Waals surface area (Å²) in [5.74, 6) is 2.02. The number of aromatic nitrogens is 1. The molecular weight excluding hydrogens is 236 g/mol. The largest absolute Gasteiger partial charge is 0.311 e. The zero-order valence-electron chi connectivity index (χ0n) is 10.0. The van der Waals surface area contributed by atoms with Gasteiger partial charge in [0.15, 0.2) is 0 Å². The maximum absolute atomic E-state index is 4.72. The van der Waals surface area contributed by atoms with Gasteiger partial charge in [-0.3, -0.25) is 0 Å². The Morgan fingerprint density at radius 3 is 3.12 bits per heavy atom. The van der Waals surface area contributed by atoms with Gasteiger partial charge in [-0.05, 0) is 31.1 Å². The van der Waals surface area contributed by atoms with E-state index in [0.29, 0.717) is 11.2 Å². The van der Waals surface area contributed by atoms with Crippen LogP contribution in [0, 0.1) is 5.92 Å². The van der Waals surface area contributed by atoms with Crippen LogP contribution in [0.2, 0.25) is 0 Å². The summed E-state index contributed by atoms with van der Waals surface area (Å²) in [6, 6.07) is 0. The van der Waals surface area contributed by atoms with Crippen molar-refractivity contribution < 1.29 is 0 Å². The second kappa shape index (κ2) is 6.03. The molecule has 4 heteroatoms. The quantitative estimate of drug-likeness (QED) is 0.873. The van der Waals surface area contributed by atoms with E-state index in [-0.39, 0.29) is 0 Å². The molecular formula is C12H20N2S2. The van der Waals surface area contributed by atoms with Gasteiger partial charge in [0, 0.05) is 11.9 Å². The molecule has 90 valence electrons. The van der Waals surface area contributed by atoms with E-state index in [4.69, 9.17) is 4.98 Å². The van der Waals surface area contributed by atoms with E-state index in [2.05, 4.69) is 36.3 Å². The van der Waals surface area contributed by atoms with Gasteiger partial charge < -0.3 is 5.32 Å². The minimum absolute atomic E-state index is 0.684. The zero-order valence-corrected chi connectivity index (χ0v) is 11.7. The lowest BCUT2D eigenvalue weighted by Gasteiger charge is -2.05. The monoisotopic (exact) mass is 256 g/mol. The summed E-state index contributed by atoms with van der Waals surface area (Å²) >= 11 is 3.90. The van der Waals surface area contributed by atoms with Crippen LogP contribution in [0.4, 0.5) is 0 Å². The number of nitrogens with one attached hydrogen (secondary N) is 1. The first-order chi connectivity index (χ1) is 7.75. The Morgan fingerprint density at radius 1 is 1.56 bits per heavy atom. The number of hydrogen-bond acceptors (Lipinski definition) is 4. The first-order valence-corrected chi connectivity index (χ1v) is 7.95. The van der Waals surface area contributed by atoms with Gasteiger partial charge in [0.2, 0.25) is 0 Å². The molecule has 1 N–H and O–H groups in total. The molecule has 0 aromatic carbocycles. The molecule has 16 heavy (non-hydrogen) atoms. The number of nitrogens with zero attached hydrogens (tertiary/aromatic N) is 1. The molecule has 1 fully saturated rings. The first-order valence-electron chi connectivity index (χ1n) is 6.02. The van der Waals surface area contributed by atoms with Crippen molar-refractivity contribution in [2.75, 3.05) is 12.3 Å². The zero-order chi connectivity index (χ0) is 11.4. The van der Waals surface area contributed by atoms with Crippen LogP contribution in [0.25, 0.3) is 0 Å². The molecule has 1 aromatic rings. The normalized spacial score (nSPS) is 20.8. The van der Waals surface area contributed by atoms with Gasteiger partial charge in [-0.15, -0.1) is 11.3 Å². The van der Waals surface area contributed by atoms with Gasteiger partial charge in [0.1, 0.15) is 5.01 Å². The Balaban J connectivity index is 1.82. The van der Waals surface area contributed by atoms with Crippen LogP contribution in [0.5, 0.6) is 0 Å². The molecule has 0 amide bonds. The highest BCUT2D eigenvalue weighted by Crippen LogP contribution is 2.40. The topological polar surface area (TPSA) is 24.9 Å². The summed E-state index contributed by atoms with van der Waals surface area (Å²) in [6.07, 6.45) is 2.67. The fourth-order valence-electron chi connectivity index (χ4n) is 1.81. The van der Waals surface area contributed by atoms with Crippen molar-refractivity contribution in [2.45, 2.75) is 38.5 Å². The highest BCUT2D eigenvalue weighted by atomic mass is 32.2. The van der Waals surface area contributed by atoms with Gasteiger partial charge in [-0.25, -0.2) is 4.98 Å². The van der Waals surface area contributed by atoms with Gasteiger partial charge in [-0.2, -0.15) is 11.8 Å². The van der Waals surface area contributed by atoms with E-state index in [1.165, 1.54) is 29.3 Å². The molecule has 0 aliphatic carbocycles. The van der Waals surface area contributed by atoms with Gasteiger partial charge in [0.05, 0.1) is 10.9 Å². The van der Waals surface area contributed by atoms with Crippen LogP contribution in [0.1, 0.15) is 42.6 Å². The fourth-order valence-corrected chi connectivity index (χ4v) is 4.16. The second-order valence-corrected chi connectivity index (χ2v) is 6.90. The Bertz CT molecular complexity index is 317. The van der Waals surface area contributed by atoms with E-state index in [1.54, 1.807) is 0 Å². The van der Waals surface area contributed by atoms with Crippen LogP contribution >= 0.6 is 23.1 Å². The number of hydrogen-bond donors (Lipinski definition) is 1. The van der Waals surface area contributed by atoms with Gasteiger partial charge in [-0.1, -0.05) is 13.8 Å². The van der Waals surface area contributed by atoms with Crippen LogP contribution in [0.3, 0.4) is 0 Å². The number of thiazole rings is 1.